The SMILES string of the molecule is CCOC(=O)c1sc2nc(C)nc(N3CCN(C/C=C/c4ccccc4)CC3)c2c1C. The number of piperazine rings is 1. The van der Waals surface area contributed by atoms with E-state index in [2.05, 4.69) is 51.2 Å². The highest BCUT2D eigenvalue weighted by Gasteiger charge is 2.25. The molecule has 7 heteroatoms. The quantitative estimate of drug-likeness (QED) is 0.537. The van der Waals surface area contributed by atoms with Gasteiger partial charge in [0.25, 0.3) is 0 Å². The number of benzene rings is 1. The lowest BCUT2D eigenvalue weighted by Crippen LogP contribution is -2.46. The minimum Gasteiger partial charge on any atom is -0.462 e. The lowest BCUT2D eigenvalue weighted by molar-refractivity contribution is 0.0531. The zero-order chi connectivity index (χ0) is 21.8. The first-order valence-electron chi connectivity index (χ1n) is 10.7. The van der Waals surface area contributed by atoms with Crippen LogP contribution >= 0.6 is 11.3 Å². The molecule has 6 nitrogen and oxygen atoms in total. The fourth-order valence-electron chi connectivity index (χ4n) is 3.89. The summed E-state index contributed by atoms with van der Waals surface area (Å²) in [5.74, 6) is 1.39. The third-order valence-electron chi connectivity index (χ3n) is 5.49. The van der Waals surface area contributed by atoms with Gasteiger partial charge in [0.15, 0.2) is 0 Å². The predicted molar refractivity (Wildman–Crippen MR) is 127 cm³/mol. The van der Waals surface area contributed by atoms with Gasteiger partial charge >= 0.3 is 5.97 Å². The molecule has 0 N–H and O–H groups in total. The van der Waals surface area contributed by atoms with Gasteiger partial charge in [-0.15, -0.1) is 11.3 Å². The Hall–Kier alpha value is -2.77. The van der Waals surface area contributed by atoms with E-state index in [4.69, 9.17) is 9.72 Å². The maximum Gasteiger partial charge on any atom is 0.348 e. The number of rotatable bonds is 6. The monoisotopic (exact) mass is 436 g/mol. The molecule has 2 aromatic heterocycles. The van der Waals surface area contributed by atoms with E-state index in [1.807, 2.05) is 26.8 Å². The molecular weight excluding hydrogens is 408 g/mol. The number of thiophene rings is 1. The van der Waals surface area contributed by atoms with Crippen molar-refractivity contribution < 1.29 is 9.53 Å². The van der Waals surface area contributed by atoms with E-state index in [0.717, 1.165) is 60.1 Å². The van der Waals surface area contributed by atoms with Crippen LogP contribution in [0, 0.1) is 13.8 Å². The fourth-order valence-corrected chi connectivity index (χ4v) is 5.00. The summed E-state index contributed by atoms with van der Waals surface area (Å²) in [5.41, 5.74) is 2.15. The number of carbonyl (C=O) groups is 1. The molecule has 0 radical (unpaired) electrons. The molecule has 1 fully saturated rings. The first kappa shape index (κ1) is 21.5. The number of fused-ring (bicyclic) bond motifs is 1. The van der Waals surface area contributed by atoms with Crippen LogP contribution in [0.4, 0.5) is 5.82 Å². The molecule has 162 valence electrons. The van der Waals surface area contributed by atoms with Crippen LogP contribution in [0.5, 0.6) is 0 Å². The van der Waals surface area contributed by atoms with Gasteiger partial charge in [-0.3, -0.25) is 4.90 Å². The molecule has 0 bridgehead atoms. The normalized spacial score (nSPS) is 15.1. The summed E-state index contributed by atoms with van der Waals surface area (Å²) in [6.07, 6.45) is 4.40. The van der Waals surface area contributed by atoms with Gasteiger partial charge in [-0.2, -0.15) is 0 Å². The van der Waals surface area contributed by atoms with Crippen molar-refractivity contribution >= 4 is 39.4 Å². The lowest BCUT2D eigenvalue weighted by atomic mass is 10.1. The first-order chi connectivity index (χ1) is 15.1. The molecule has 0 spiro atoms. The van der Waals surface area contributed by atoms with Gasteiger partial charge in [-0.25, -0.2) is 14.8 Å². The van der Waals surface area contributed by atoms with Crippen molar-refractivity contribution in [2.75, 3.05) is 44.2 Å². The minimum atomic E-state index is -0.276. The Morgan fingerprint density at radius 1 is 1.13 bits per heavy atom. The minimum absolute atomic E-state index is 0.276. The van der Waals surface area contributed by atoms with E-state index in [-0.39, 0.29) is 5.97 Å². The number of ether oxygens (including phenoxy) is 1. The standard InChI is InChI=1S/C24H28N4O2S/c1-4-30-24(29)21-17(2)20-22(25-18(3)26-23(20)31-21)28-15-13-27(14-16-28)12-8-11-19-9-6-5-7-10-19/h5-11H,4,12-16H2,1-3H3/b11-8+. The number of carbonyl (C=O) groups excluding carboxylic acids is 1. The van der Waals surface area contributed by atoms with Gasteiger partial charge in [0, 0.05) is 32.7 Å². The highest BCUT2D eigenvalue weighted by Crippen LogP contribution is 2.36. The highest BCUT2D eigenvalue weighted by atomic mass is 32.1. The smallest absolute Gasteiger partial charge is 0.348 e. The molecule has 3 heterocycles. The maximum atomic E-state index is 12.4. The van der Waals surface area contributed by atoms with Crippen LogP contribution in [0.15, 0.2) is 36.4 Å². The van der Waals surface area contributed by atoms with Crippen molar-refractivity contribution in [2.45, 2.75) is 20.8 Å². The number of hydrogen-bond acceptors (Lipinski definition) is 7. The van der Waals surface area contributed by atoms with Gasteiger partial charge in [0.2, 0.25) is 0 Å². The zero-order valence-corrected chi connectivity index (χ0v) is 19.1. The number of hydrogen-bond donors (Lipinski definition) is 0. The fraction of sp³-hybridized carbons (Fsp3) is 0.375. The van der Waals surface area contributed by atoms with Crippen LogP contribution in [0.1, 0.15) is 33.5 Å². The topological polar surface area (TPSA) is 58.6 Å². The van der Waals surface area contributed by atoms with Crippen molar-refractivity contribution in [3.05, 3.63) is 58.2 Å². The summed E-state index contributed by atoms with van der Waals surface area (Å²) in [5, 5.41) is 0.982. The molecule has 3 aromatic rings. The Morgan fingerprint density at radius 2 is 1.87 bits per heavy atom. The van der Waals surface area contributed by atoms with E-state index in [0.29, 0.717) is 11.5 Å². The average molecular weight is 437 g/mol. The molecule has 0 atom stereocenters. The maximum absolute atomic E-state index is 12.4. The second-order valence-electron chi connectivity index (χ2n) is 7.65. The number of aryl methyl sites for hydroxylation is 2. The molecule has 0 saturated carbocycles. The Morgan fingerprint density at radius 3 is 2.58 bits per heavy atom. The predicted octanol–water partition coefficient (Wildman–Crippen LogP) is 4.32. The van der Waals surface area contributed by atoms with Gasteiger partial charge in [0.05, 0.1) is 12.0 Å². The molecule has 1 aliphatic rings. The van der Waals surface area contributed by atoms with Gasteiger partial charge in [-0.05, 0) is 31.9 Å². The molecule has 0 unspecified atom stereocenters. The van der Waals surface area contributed by atoms with Crippen LogP contribution in [-0.2, 0) is 4.74 Å². The van der Waals surface area contributed by atoms with Gasteiger partial charge in [-0.1, -0.05) is 42.5 Å². The van der Waals surface area contributed by atoms with Crippen molar-refractivity contribution in [2.24, 2.45) is 0 Å². The van der Waals surface area contributed by atoms with Crippen molar-refractivity contribution in [1.82, 2.24) is 14.9 Å². The number of nitrogens with zero attached hydrogens (tertiary/aromatic N) is 4. The molecular formula is C24H28N4O2S. The second kappa shape index (κ2) is 9.58. The first-order valence-corrected chi connectivity index (χ1v) is 11.5. The Kier molecular flexibility index (Phi) is 6.63. The summed E-state index contributed by atoms with van der Waals surface area (Å²) < 4.78 is 5.23. The largest absolute Gasteiger partial charge is 0.462 e. The molecule has 1 aliphatic heterocycles. The number of aromatic nitrogens is 2. The number of esters is 1. The Bertz CT molecular complexity index is 1090. The average Bonchev–Trinajstić information content (AvgIpc) is 3.11. The van der Waals surface area contributed by atoms with Crippen molar-refractivity contribution in [1.29, 1.82) is 0 Å². The van der Waals surface area contributed by atoms with Gasteiger partial charge in [0.1, 0.15) is 21.3 Å². The van der Waals surface area contributed by atoms with E-state index < -0.39 is 0 Å². The second-order valence-corrected chi connectivity index (χ2v) is 8.65. The molecule has 0 aliphatic carbocycles. The third-order valence-corrected chi connectivity index (χ3v) is 6.65. The summed E-state index contributed by atoms with van der Waals surface area (Å²) in [6.45, 7) is 10.7. The Labute approximate surface area is 187 Å². The van der Waals surface area contributed by atoms with Crippen molar-refractivity contribution in [3.63, 3.8) is 0 Å². The van der Waals surface area contributed by atoms with Crippen LogP contribution in [0.25, 0.3) is 16.3 Å². The summed E-state index contributed by atoms with van der Waals surface area (Å²) in [6, 6.07) is 10.4. The molecule has 31 heavy (non-hydrogen) atoms. The molecule has 4 rings (SSSR count). The molecule has 0 amide bonds. The third kappa shape index (κ3) is 4.78. The van der Waals surface area contributed by atoms with Crippen LogP contribution in [-0.4, -0.2) is 60.2 Å². The van der Waals surface area contributed by atoms with E-state index in [1.165, 1.54) is 16.9 Å². The zero-order valence-electron chi connectivity index (χ0n) is 18.3. The van der Waals surface area contributed by atoms with E-state index >= 15 is 0 Å². The Balaban J connectivity index is 1.48. The van der Waals surface area contributed by atoms with Crippen LogP contribution in [0.3, 0.4) is 0 Å². The van der Waals surface area contributed by atoms with Crippen LogP contribution in [0.2, 0.25) is 0 Å². The lowest BCUT2D eigenvalue weighted by Gasteiger charge is -2.35. The molecule has 1 saturated heterocycles. The highest BCUT2D eigenvalue weighted by molar-refractivity contribution is 7.20. The summed E-state index contributed by atoms with van der Waals surface area (Å²) in [7, 11) is 0. The van der Waals surface area contributed by atoms with Gasteiger partial charge < -0.3 is 9.64 Å². The van der Waals surface area contributed by atoms with E-state index in [1.54, 1.807) is 0 Å². The van der Waals surface area contributed by atoms with Crippen LogP contribution < -0.4 is 4.90 Å². The van der Waals surface area contributed by atoms with E-state index in [9.17, 15) is 4.79 Å². The molecule has 1 aromatic carbocycles. The van der Waals surface area contributed by atoms with Crippen molar-refractivity contribution in [3.8, 4) is 0 Å². The summed E-state index contributed by atoms with van der Waals surface area (Å²) >= 11 is 1.40. The number of anilines is 1. The summed E-state index contributed by atoms with van der Waals surface area (Å²) in [4.78, 5) is 28.0.